The average molecular weight is 379 g/mol. The molecule has 0 saturated carbocycles. The standard InChI is InChI=1S/C17H22ClF3N2O2/c1-16(2,3)25-15(24)22-14(10-23-7-4-8-23)11-5-6-13(18)12(9-11)17(19,20)21/h5-6,9,14H,4,7-8,10H2,1-3H3,(H,22,24)/t14-/m1/s1. The molecule has 1 aliphatic heterocycles. The van der Waals surface area contributed by atoms with Gasteiger partial charge in [0, 0.05) is 6.54 Å². The van der Waals surface area contributed by atoms with Gasteiger partial charge in [-0.05, 0) is 58.0 Å². The molecule has 25 heavy (non-hydrogen) atoms. The van der Waals surface area contributed by atoms with E-state index in [1.54, 1.807) is 20.8 Å². The molecule has 1 aliphatic rings. The van der Waals surface area contributed by atoms with E-state index in [9.17, 15) is 18.0 Å². The highest BCUT2D eigenvalue weighted by atomic mass is 35.5. The maximum atomic E-state index is 13.1. The molecule has 0 aromatic heterocycles. The number of hydrogen-bond acceptors (Lipinski definition) is 3. The summed E-state index contributed by atoms with van der Waals surface area (Å²) in [4.78, 5) is 14.1. The number of halogens is 4. The zero-order valence-corrected chi connectivity index (χ0v) is 15.2. The van der Waals surface area contributed by atoms with Crippen LogP contribution in [-0.2, 0) is 10.9 Å². The van der Waals surface area contributed by atoms with Crippen molar-refractivity contribution in [3.8, 4) is 0 Å². The number of alkyl carbamates (subject to hydrolysis) is 1. The number of amides is 1. The predicted molar refractivity (Wildman–Crippen MR) is 89.6 cm³/mol. The predicted octanol–water partition coefficient (Wildman–Crippen LogP) is 4.63. The first-order chi connectivity index (χ1) is 11.5. The maximum Gasteiger partial charge on any atom is 0.417 e. The van der Waals surface area contributed by atoms with Crippen molar-refractivity contribution in [1.29, 1.82) is 0 Å². The van der Waals surface area contributed by atoms with E-state index >= 15 is 0 Å². The van der Waals surface area contributed by atoms with Gasteiger partial charge in [-0.2, -0.15) is 13.2 Å². The zero-order valence-electron chi connectivity index (χ0n) is 14.4. The van der Waals surface area contributed by atoms with Gasteiger partial charge in [-0.15, -0.1) is 0 Å². The second kappa shape index (κ2) is 7.41. The maximum absolute atomic E-state index is 13.1. The molecule has 0 radical (unpaired) electrons. The van der Waals surface area contributed by atoms with E-state index in [1.165, 1.54) is 12.1 Å². The van der Waals surface area contributed by atoms with Crippen molar-refractivity contribution in [2.45, 2.75) is 45.0 Å². The Morgan fingerprint density at radius 3 is 2.44 bits per heavy atom. The highest BCUT2D eigenvalue weighted by Crippen LogP contribution is 2.36. The molecule has 0 bridgehead atoms. The number of benzene rings is 1. The molecular formula is C17H22ClF3N2O2. The first-order valence-corrected chi connectivity index (χ1v) is 8.42. The molecule has 1 atom stereocenters. The van der Waals surface area contributed by atoms with Crippen LogP contribution in [0, 0.1) is 0 Å². The molecular weight excluding hydrogens is 357 g/mol. The highest BCUT2D eigenvalue weighted by Gasteiger charge is 2.34. The lowest BCUT2D eigenvalue weighted by atomic mass is 10.0. The number of carbonyl (C=O) groups is 1. The van der Waals surface area contributed by atoms with Gasteiger partial charge in [-0.25, -0.2) is 4.79 Å². The highest BCUT2D eigenvalue weighted by molar-refractivity contribution is 6.31. The third kappa shape index (κ3) is 5.78. The number of ether oxygens (including phenoxy) is 1. The first-order valence-electron chi connectivity index (χ1n) is 8.04. The number of rotatable bonds is 4. The molecule has 4 nitrogen and oxygen atoms in total. The molecule has 1 aromatic rings. The first kappa shape index (κ1) is 19.8. The number of nitrogens with one attached hydrogen (secondary N) is 1. The van der Waals surface area contributed by atoms with Gasteiger partial charge in [0.15, 0.2) is 0 Å². The van der Waals surface area contributed by atoms with Gasteiger partial charge >= 0.3 is 12.3 Å². The van der Waals surface area contributed by atoms with E-state index in [1.807, 2.05) is 0 Å². The minimum absolute atomic E-state index is 0.342. The summed E-state index contributed by atoms with van der Waals surface area (Å²) < 4.78 is 44.6. The second-order valence-electron chi connectivity index (χ2n) is 7.09. The summed E-state index contributed by atoms with van der Waals surface area (Å²) in [5.74, 6) is 0. The number of carbonyl (C=O) groups excluding carboxylic acids is 1. The Kier molecular flexibility index (Phi) is 5.89. The van der Waals surface area contributed by atoms with Crippen LogP contribution in [-0.4, -0.2) is 36.2 Å². The number of nitrogens with zero attached hydrogens (tertiary/aromatic N) is 1. The van der Waals surface area contributed by atoms with Crippen LogP contribution >= 0.6 is 11.6 Å². The van der Waals surface area contributed by atoms with Crippen LogP contribution in [0.4, 0.5) is 18.0 Å². The van der Waals surface area contributed by atoms with E-state index in [2.05, 4.69) is 10.2 Å². The molecule has 8 heteroatoms. The lowest BCUT2D eigenvalue weighted by molar-refractivity contribution is -0.137. The van der Waals surface area contributed by atoms with Crippen LogP contribution in [0.5, 0.6) is 0 Å². The van der Waals surface area contributed by atoms with Gasteiger partial charge in [0.25, 0.3) is 0 Å². The minimum Gasteiger partial charge on any atom is -0.444 e. The van der Waals surface area contributed by atoms with E-state index in [4.69, 9.17) is 16.3 Å². The SMILES string of the molecule is CC(C)(C)OC(=O)N[C@H](CN1CCC1)c1ccc(Cl)c(C(F)(F)F)c1. The lowest BCUT2D eigenvalue weighted by Crippen LogP contribution is -2.45. The molecule has 1 fully saturated rings. The van der Waals surface area contributed by atoms with Crippen molar-refractivity contribution in [2.24, 2.45) is 0 Å². The van der Waals surface area contributed by atoms with Gasteiger partial charge in [0.1, 0.15) is 5.60 Å². The summed E-state index contributed by atoms with van der Waals surface area (Å²) in [6, 6.07) is 3.08. The van der Waals surface area contributed by atoms with Crippen molar-refractivity contribution >= 4 is 17.7 Å². The topological polar surface area (TPSA) is 41.6 Å². The summed E-state index contributed by atoms with van der Waals surface area (Å²) in [5.41, 5.74) is -1.26. The van der Waals surface area contributed by atoms with Gasteiger partial charge in [-0.3, -0.25) is 0 Å². The zero-order chi connectivity index (χ0) is 18.8. The van der Waals surface area contributed by atoms with Gasteiger partial charge in [0.05, 0.1) is 16.6 Å². The molecule has 1 aromatic carbocycles. The summed E-state index contributed by atoms with van der Waals surface area (Å²) in [7, 11) is 0. The van der Waals surface area contributed by atoms with Crippen LogP contribution in [0.2, 0.25) is 5.02 Å². The summed E-state index contributed by atoms with van der Waals surface area (Å²) in [6.45, 7) is 7.29. The van der Waals surface area contributed by atoms with E-state index in [0.29, 0.717) is 12.1 Å². The fourth-order valence-corrected chi connectivity index (χ4v) is 2.71. The molecule has 1 heterocycles. The van der Waals surface area contributed by atoms with Crippen LogP contribution in [0.3, 0.4) is 0 Å². The largest absolute Gasteiger partial charge is 0.444 e. The van der Waals surface area contributed by atoms with Gasteiger partial charge in [0.2, 0.25) is 0 Å². The van der Waals surface area contributed by atoms with E-state index in [0.717, 1.165) is 25.6 Å². The monoisotopic (exact) mass is 378 g/mol. The van der Waals surface area contributed by atoms with E-state index < -0.39 is 29.5 Å². The number of alkyl halides is 3. The summed E-state index contributed by atoms with van der Waals surface area (Å²) in [6.07, 6.45) is -4.19. The van der Waals surface area contributed by atoms with Crippen molar-refractivity contribution in [2.75, 3.05) is 19.6 Å². The minimum atomic E-state index is -4.56. The Hall–Kier alpha value is -1.47. The van der Waals surface area contributed by atoms with Crippen LogP contribution in [0.25, 0.3) is 0 Å². The van der Waals surface area contributed by atoms with Gasteiger partial charge < -0.3 is 15.0 Å². The second-order valence-corrected chi connectivity index (χ2v) is 7.50. The third-order valence-electron chi connectivity index (χ3n) is 3.78. The van der Waals surface area contributed by atoms with Gasteiger partial charge in [-0.1, -0.05) is 17.7 Å². The van der Waals surface area contributed by atoms with Crippen molar-refractivity contribution in [1.82, 2.24) is 10.2 Å². The van der Waals surface area contributed by atoms with Crippen LogP contribution in [0.1, 0.15) is 44.4 Å². The Morgan fingerprint density at radius 1 is 1.32 bits per heavy atom. The molecule has 1 amide bonds. The van der Waals surface area contributed by atoms with Crippen LogP contribution < -0.4 is 5.32 Å². The Morgan fingerprint density at radius 2 is 1.96 bits per heavy atom. The molecule has 0 unspecified atom stereocenters. The summed E-state index contributed by atoms with van der Waals surface area (Å²) in [5, 5.41) is 2.31. The van der Waals surface area contributed by atoms with E-state index in [-0.39, 0.29) is 5.02 Å². The smallest absolute Gasteiger partial charge is 0.417 e. The molecule has 1 N–H and O–H groups in total. The molecule has 140 valence electrons. The fraction of sp³-hybridized carbons (Fsp3) is 0.588. The molecule has 0 aliphatic carbocycles. The molecule has 0 spiro atoms. The Balaban J connectivity index is 2.24. The normalized spacial score (nSPS) is 16.9. The average Bonchev–Trinajstić information content (AvgIpc) is 2.38. The summed E-state index contributed by atoms with van der Waals surface area (Å²) >= 11 is 5.68. The number of likely N-dealkylation sites (tertiary alicyclic amines) is 1. The molecule has 1 saturated heterocycles. The van der Waals surface area contributed by atoms with Crippen molar-refractivity contribution in [3.05, 3.63) is 34.3 Å². The number of hydrogen-bond donors (Lipinski definition) is 1. The lowest BCUT2D eigenvalue weighted by Gasteiger charge is -2.35. The quantitative estimate of drug-likeness (QED) is 0.830. The van der Waals surface area contributed by atoms with Crippen LogP contribution in [0.15, 0.2) is 18.2 Å². The van der Waals surface area contributed by atoms with Crippen molar-refractivity contribution < 1.29 is 22.7 Å². The third-order valence-corrected chi connectivity index (χ3v) is 4.11. The Bertz CT molecular complexity index is 625. The fourth-order valence-electron chi connectivity index (χ4n) is 2.48. The Labute approximate surface area is 150 Å². The van der Waals surface area contributed by atoms with Crippen molar-refractivity contribution in [3.63, 3.8) is 0 Å². The molecule has 2 rings (SSSR count).